The van der Waals surface area contributed by atoms with E-state index < -0.39 is 0 Å². The number of aryl methyl sites for hydroxylation is 2. The standard InChI is InChI=1S/C16H23N7O/c1-12-20-13(9-15(17-2)21-12)14-5-3-8-23(14)16(24)6-4-7-22-11-18-10-19-22/h9-11,14H,3-8H2,1-2H3,(H,17,20,21)/t14-/m1/s1. The highest BCUT2D eigenvalue weighted by molar-refractivity contribution is 5.77. The third kappa shape index (κ3) is 3.69. The second-order valence-corrected chi connectivity index (χ2v) is 5.98. The van der Waals surface area contributed by atoms with Gasteiger partial charge in [-0.25, -0.2) is 15.0 Å². The van der Waals surface area contributed by atoms with E-state index in [1.54, 1.807) is 11.0 Å². The van der Waals surface area contributed by atoms with Crippen molar-refractivity contribution in [1.82, 2.24) is 29.6 Å². The molecule has 0 aromatic carbocycles. The van der Waals surface area contributed by atoms with Crippen LogP contribution in [-0.2, 0) is 11.3 Å². The van der Waals surface area contributed by atoms with Gasteiger partial charge in [0.25, 0.3) is 0 Å². The molecule has 128 valence electrons. The van der Waals surface area contributed by atoms with E-state index in [9.17, 15) is 4.79 Å². The second-order valence-electron chi connectivity index (χ2n) is 5.98. The minimum atomic E-state index is 0.0534. The molecule has 0 aliphatic carbocycles. The average Bonchev–Trinajstić information content (AvgIpc) is 3.25. The number of rotatable bonds is 6. The van der Waals surface area contributed by atoms with E-state index in [0.29, 0.717) is 13.0 Å². The van der Waals surface area contributed by atoms with E-state index >= 15 is 0 Å². The number of carbonyl (C=O) groups excluding carboxylic acids is 1. The zero-order valence-electron chi connectivity index (χ0n) is 14.1. The van der Waals surface area contributed by atoms with E-state index in [0.717, 1.165) is 43.1 Å². The molecule has 0 bridgehead atoms. The zero-order chi connectivity index (χ0) is 16.9. The molecule has 0 spiro atoms. The second kappa shape index (κ2) is 7.37. The highest BCUT2D eigenvalue weighted by Gasteiger charge is 2.31. The van der Waals surface area contributed by atoms with Crippen LogP contribution < -0.4 is 5.32 Å². The molecule has 0 saturated carbocycles. The first-order chi connectivity index (χ1) is 11.7. The highest BCUT2D eigenvalue weighted by atomic mass is 16.2. The van der Waals surface area contributed by atoms with Crippen molar-refractivity contribution in [2.45, 2.75) is 45.2 Å². The van der Waals surface area contributed by atoms with E-state index in [4.69, 9.17) is 0 Å². The molecule has 24 heavy (non-hydrogen) atoms. The summed E-state index contributed by atoms with van der Waals surface area (Å²) >= 11 is 0. The first kappa shape index (κ1) is 16.4. The van der Waals surface area contributed by atoms with Gasteiger partial charge >= 0.3 is 0 Å². The number of hydrogen-bond acceptors (Lipinski definition) is 6. The number of aromatic nitrogens is 5. The van der Waals surface area contributed by atoms with Crippen LogP contribution in [0.15, 0.2) is 18.7 Å². The number of likely N-dealkylation sites (tertiary alicyclic amines) is 1. The molecule has 1 amide bonds. The Morgan fingerprint density at radius 2 is 2.29 bits per heavy atom. The molecule has 1 aliphatic rings. The van der Waals surface area contributed by atoms with Crippen molar-refractivity contribution in [3.63, 3.8) is 0 Å². The fraction of sp³-hybridized carbons (Fsp3) is 0.562. The number of nitrogens with one attached hydrogen (secondary N) is 1. The smallest absolute Gasteiger partial charge is 0.223 e. The number of anilines is 1. The Labute approximate surface area is 141 Å². The molecule has 0 radical (unpaired) electrons. The third-order valence-electron chi connectivity index (χ3n) is 4.27. The van der Waals surface area contributed by atoms with E-state index in [2.05, 4.69) is 25.4 Å². The van der Waals surface area contributed by atoms with Gasteiger partial charge in [-0.2, -0.15) is 5.10 Å². The third-order valence-corrected chi connectivity index (χ3v) is 4.27. The SMILES string of the molecule is CNc1cc([C@H]2CCCN2C(=O)CCCn2cncn2)nc(C)n1. The van der Waals surface area contributed by atoms with E-state index in [1.165, 1.54) is 6.33 Å². The summed E-state index contributed by atoms with van der Waals surface area (Å²) in [6.45, 7) is 3.38. The van der Waals surface area contributed by atoms with Gasteiger partial charge in [0, 0.05) is 32.6 Å². The van der Waals surface area contributed by atoms with Gasteiger partial charge in [0.2, 0.25) is 5.91 Å². The fourth-order valence-corrected chi connectivity index (χ4v) is 3.15. The molecule has 1 fully saturated rings. The summed E-state index contributed by atoms with van der Waals surface area (Å²) in [6.07, 6.45) is 6.42. The topological polar surface area (TPSA) is 88.8 Å². The molecule has 8 nitrogen and oxygen atoms in total. The van der Waals surface area contributed by atoms with Crippen molar-refractivity contribution in [3.05, 3.63) is 30.2 Å². The van der Waals surface area contributed by atoms with Crippen LogP contribution in [-0.4, -0.2) is 49.1 Å². The lowest BCUT2D eigenvalue weighted by molar-refractivity contribution is -0.132. The summed E-state index contributed by atoms with van der Waals surface area (Å²) in [4.78, 5) is 27.4. The average molecular weight is 329 g/mol. The molecule has 1 N–H and O–H groups in total. The van der Waals surface area contributed by atoms with Crippen LogP contribution in [0.5, 0.6) is 0 Å². The maximum Gasteiger partial charge on any atom is 0.223 e. The maximum absolute atomic E-state index is 12.6. The van der Waals surface area contributed by atoms with Crippen LogP contribution in [0.1, 0.15) is 43.2 Å². The highest BCUT2D eigenvalue weighted by Crippen LogP contribution is 2.32. The zero-order valence-corrected chi connectivity index (χ0v) is 14.1. The van der Waals surface area contributed by atoms with Crippen molar-refractivity contribution in [3.8, 4) is 0 Å². The van der Waals surface area contributed by atoms with Crippen LogP contribution in [0, 0.1) is 6.92 Å². The van der Waals surface area contributed by atoms with Crippen molar-refractivity contribution < 1.29 is 4.79 Å². The lowest BCUT2D eigenvalue weighted by Gasteiger charge is -2.25. The van der Waals surface area contributed by atoms with Gasteiger partial charge in [-0.3, -0.25) is 9.48 Å². The summed E-state index contributed by atoms with van der Waals surface area (Å²) in [5.74, 6) is 1.70. The first-order valence-electron chi connectivity index (χ1n) is 8.32. The van der Waals surface area contributed by atoms with Gasteiger partial charge in [-0.15, -0.1) is 0 Å². The number of nitrogens with zero attached hydrogens (tertiary/aromatic N) is 6. The molecule has 1 atom stereocenters. The molecule has 3 rings (SSSR count). The molecule has 8 heteroatoms. The molecule has 2 aromatic heterocycles. The molecular formula is C16H23N7O. The minimum absolute atomic E-state index is 0.0534. The normalized spacial score (nSPS) is 17.2. The lowest BCUT2D eigenvalue weighted by Crippen LogP contribution is -2.31. The van der Waals surface area contributed by atoms with Crippen LogP contribution in [0.25, 0.3) is 0 Å². The molecule has 0 unspecified atom stereocenters. The Hall–Kier alpha value is -2.51. The van der Waals surface area contributed by atoms with E-state index in [-0.39, 0.29) is 11.9 Å². The van der Waals surface area contributed by atoms with Crippen LogP contribution in [0.4, 0.5) is 5.82 Å². The van der Waals surface area contributed by atoms with Gasteiger partial charge < -0.3 is 10.2 Å². The summed E-state index contributed by atoms with van der Waals surface area (Å²) in [5, 5.41) is 7.11. The Bertz CT molecular complexity index is 686. The lowest BCUT2D eigenvalue weighted by atomic mass is 10.1. The van der Waals surface area contributed by atoms with Gasteiger partial charge in [-0.05, 0) is 26.2 Å². The summed E-state index contributed by atoms with van der Waals surface area (Å²) in [7, 11) is 1.84. The molecular weight excluding hydrogens is 306 g/mol. The van der Waals surface area contributed by atoms with Crippen molar-refractivity contribution >= 4 is 11.7 Å². The number of hydrogen-bond donors (Lipinski definition) is 1. The molecule has 1 saturated heterocycles. The molecule has 3 heterocycles. The van der Waals surface area contributed by atoms with Gasteiger partial charge in [0.05, 0.1) is 11.7 Å². The summed E-state index contributed by atoms with van der Waals surface area (Å²) in [5.41, 5.74) is 0.925. The first-order valence-corrected chi connectivity index (χ1v) is 8.32. The van der Waals surface area contributed by atoms with Gasteiger partial charge in [-0.1, -0.05) is 0 Å². The summed E-state index contributed by atoms with van der Waals surface area (Å²) in [6, 6.07) is 2.00. The van der Waals surface area contributed by atoms with Crippen LogP contribution in [0.3, 0.4) is 0 Å². The largest absolute Gasteiger partial charge is 0.373 e. The summed E-state index contributed by atoms with van der Waals surface area (Å²) < 4.78 is 1.75. The van der Waals surface area contributed by atoms with Crippen LogP contribution >= 0.6 is 0 Å². The predicted octanol–water partition coefficient (Wildman–Crippen LogP) is 1.56. The molecule has 2 aromatic rings. The Balaban J connectivity index is 1.64. The Morgan fingerprint density at radius 1 is 1.42 bits per heavy atom. The number of carbonyl (C=O) groups is 1. The Kier molecular flexibility index (Phi) is 5.02. The van der Waals surface area contributed by atoms with Crippen molar-refractivity contribution in [1.29, 1.82) is 0 Å². The molecule has 1 aliphatic heterocycles. The van der Waals surface area contributed by atoms with Crippen molar-refractivity contribution in [2.24, 2.45) is 0 Å². The van der Waals surface area contributed by atoms with Gasteiger partial charge in [0.15, 0.2) is 0 Å². The fourth-order valence-electron chi connectivity index (χ4n) is 3.15. The predicted molar refractivity (Wildman–Crippen MR) is 89.3 cm³/mol. The Morgan fingerprint density at radius 3 is 3.04 bits per heavy atom. The number of amides is 1. The van der Waals surface area contributed by atoms with Gasteiger partial charge in [0.1, 0.15) is 24.3 Å². The quantitative estimate of drug-likeness (QED) is 0.865. The minimum Gasteiger partial charge on any atom is -0.373 e. The van der Waals surface area contributed by atoms with Crippen molar-refractivity contribution in [2.75, 3.05) is 18.9 Å². The van der Waals surface area contributed by atoms with E-state index in [1.807, 2.05) is 24.9 Å². The monoisotopic (exact) mass is 329 g/mol. The maximum atomic E-state index is 12.6. The van der Waals surface area contributed by atoms with Crippen LogP contribution in [0.2, 0.25) is 0 Å².